The maximum atomic E-state index is 7.00. The van der Waals surface area contributed by atoms with Crippen LogP contribution >= 0.6 is 0 Å². The molecule has 0 aliphatic heterocycles. The Labute approximate surface area is 161 Å². The highest BCUT2D eigenvalue weighted by atomic mass is 16.7. The Hall–Kier alpha value is -1.10. The first-order valence-corrected chi connectivity index (χ1v) is 9.24. The van der Waals surface area contributed by atoms with Crippen molar-refractivity contribution < 1.29 is 19.7 Å². The van der Waals surface area contributed by atoms with Gasteiger partial charge in [-0.1, -0.05) is 67.5 Å². The summed E-state index contributed by atoms with van der Waals surface area (Å²) in [5.41, 5.74) is 2.52. The van der Waals surface area contributed by atoms with Gasteiger partial charge >= 0.3 is 0 Å². The van der Waals surface area contributed by atoms with E-state index in [0.717, 1.165) is 26.4 Å². The van der Waals surface area contributed by atoms with E-state index >= 15 is 0 Å². The van der Waals surface area contributed by atoms with Gasteiger partial charge in [0.2, 0.25) is 6.29 Å². The fraction of sp³-hybridized carbons (Fsp3) is 0.727. The third kappa shape index (κ3) is 8.52. The standard InChI is InChI=1S/C20H34O2.2CH4O/c1-10-14(2)15-11-12-16(19(3,4)5)17(13-15)22-18(21-9)20(6,7)8;2*1-2/h11-14,18H,10H2,1-9H3;2*2H,1H3. The molecule has 0 aromatic heterocycles. The minimum Gasteiger partial charge on any atom is -0.464 e. The molecule has 1 rings (SSSR count). The summed E-state index contributed by atoms with van der Waals surface area (Å²) in [5, 5.41) is 14.0. The third-order valence-corrected chi connectivity index (χ3v) is 4.15. The Kier molecular flexibility index (Phi) is 12.8. The zero-order chi connectivity index (χ0) is 21.1. The van der Waals surface area contributed by atoms with Crippen molar-refractivity contribution in [3.8, 4) is 5.75 Å². The molecule has 0 aliphatic rings. The van der Waals surface area contributed by atoms with Crippen molar-refractivity contribution in [1.82, 2.24) is 0 Å². The molecule has 154 valence electrons. The van der Waals surface area contributed by atoms with Crippen molar-refractivity contribution in [3.63, 3.8) is 0 Å². The first-order valence-electron chi connectivity index (χ1n) is 9.24. The van der Waals surface area contributed by atoms with Gasteiger partial charge in [0.25, 0.3) is 0 Å². The van der Waals surface area contributed by atoms with E-state index in [-0.39, 0.29) is 17.1 Å². The van der Waals surface area contributed by atoms with E-state index in [4.69, 9.17) is 19.7 Å². The molecule has 26 heavy (non-hydrogen) atoms. The molecule has 0 spiro atoms. The van der Waals surface area contributed by atoms with Gasteiger partial charge in [0.15, 0.2) is 0 Å². The average molecular weight is 371 g/mol. The average Bonchev–Trinajstić information content (AvgIpc) is 2.60. The monoisotopic (exact) mass is 370 g/mol. The molecule has 0 bridgehead atoms. The maximum absolute atomic E-state index is 7.00. The molecule has 0 radical (unpaired) electrons. The fourth-order valence-corrected chi connectivity index (χ4v) is 2.49. The first kappa shape index (κ1) is 27.1. The Morgan fingerprint density at radius 2 is 1.46 bits per heavy atom. The highest BCUT2D eigenvalue weighted by Gasteiger charge is 2.29. The first-order chi connectivity index (χ1) is 12.0. The van der Waals surface area contributed by atoms with Crippen LogP contribution in [0, 0.1) is 5.41 Å². The van der Waals surface area contributed by atoms with Crippen LogP contribution in [0.1, 0.15) is 78.9 Å². The molecule has 2 atom stereocenters. The van der Waals surface area contributed by atoms with Crippen molar-refractivity contribution in [2.45, 2.75) is 79.4 Å². The maximum Gasteiger partial charge on any atom is 0.204 e. The van der Waals surface area contributed by atoms with Gasteiger partial charge in [0.1, 0.15) is 5.75 Å². The van der Waals surface area contributed by atoms with Gasteiger partial charge in [-0.15, -0.1) is 0 Å². The molecule has 0 saturated carbocycles. The molecule has 4 heteroatoms. The largest absolute Gasteiger partial charge is 0.464 e. The second kappa shape index (κ2) is 12.3. The number of aliphatic hydroxyl groups is 2. The molecule has 2 N–H and O–H groups in total. The number of benzene rings is 1. The molecule has 0 heterocycles. The van der Waals surface area contributed by atoms with Crippen LogP contribution in [-0.2, 0) is 10.2 Å². The molecular formula is C22H42O4. The van der Waals surface area contributed by atoms with Gasteiger partial charge in [-0.3, -0.25) is 0 Å². The van der Waals surface area contributed by atoms with Crippen LogP contribution in [0.5, 0.6) is 5.75 Å². The van der Waals surface area contributed by atoms with Gasteiger partial charge < -0.3 is 19.7 Å². The van der Waals surface area contributed by atoms with E-state index in [1.165, 1.54) is 11.1 Å². The van der Waals surface area contributed by atoms with E-state index in [0.29, 0.717) is 5.92 Å². The molecule has 1 aromatic carbocycles. The van der Waals surface area contributed by atoms with Crippen molar-refractivity contribution in [2.24, 2.45) is 5.41 Å². The lowest BCUT2D eigenvalue weighted by Gasteiger charge is -2.32. The van der Waals surface area contributed by atoms with Crippen molar-refractivity contribution in [2.75, 3.05) is 21.3 Å². The number of hydrogen-bond donors (Lipinski definition) is 2. The van der Waals surface area contributed by atoms with Crippen molar-refractivity contribution >= 4 is 0 Å². The Bertz CT molecular complexity index is 484. The summed E-state index contributed by atoms with van der Waals surface area (Å²) in [5.74, 6) is 1.49. The lowest BCUT2D eigenvalue weighted by Crippen LogP contribution is -2.34. The van der Waals surface area contributed by atoms with Crippen LogP contribution in [0.3, 0.4) is 0 Å². The molecule has 2 unspecified atom stereocenters. The van der Waals surface area contributed by atoms with Crippen molar-refractivity contribution in [1.29, 1.82) is 0 Å². The molecule has 0 saturated heterocycles. The number of ether oxygens (including phenoxy) is 2. The van der Waals surface area contributed by atoms with Gasteiger partial charge in [0, 0.05) is 26.7 Å². The van der Waals surface area contributed by atoms with Crippen LogP contribution in [0.4, 0.5) is 0 Å². The fourth-order valence-electron chi connectivity index (χ4n) is 2.49. The van der Waals surface area contributed by atoms with Crippen LogP contribution in [0.25, 0.3) is 0 Å². The summed E-state index contributed by atoms with van der Waals surface area (Å²) < 4.78 is 11.9. The van der Waals surface area contributed by atoms with Crippen molar-refractivity contribution in [3.05, 3.63) is 29.3 Å². The minimum atomic E-state index is -0.263. The van der Waals surface area contributed by atoms with Crippen LogP contribution in [0.2, 0.25) is 0 Å². The topological polar surface area (TPSA) is 58.9 Å². The minimum absolute atomic E-state index is 0.0412. The summed E-state index contributed by atoms with van der Waals surface area (Å²) in [6, 6.07) is 6.65. The van der Waals surface area contributed by atoms with E-state index in [1.807, 2.05) is 0 Å². The number of methoxy groups -OCH3 is 1. The van der Waals surface area contributed by atoms with Crippen LogP contribution < -0.4 is 4.74 Å². The Morgan fingerprint density at radius 1 is 0.962 bits per heavy atom. The van der Waals surface area contributed by atoms with Gasteiger partial charge in [0.05, 0.1) is 0 Å². The Morgan fingerprint density at radius 3 is 1.81 bits per heavy atom. The van der Waals surface area contributed by atoms with E-state index in [1.54, 1.807) is 7.11 Å². The summed E-state index contributed by atoms with van der Waals surface area (Å²) in [6.07, 6.45) is 0.863. The summed E-state index contributed by atoms with van der Waals surface area (Å²) in [6.45, 7) is 17.5. The molecule has 1 aromatic rings. The van der Waals surface area contributed by atoms with Crippen LogP contribution in [0.15, 0.2) is 18.2 Å². The molecule has 0 aliphatic carbocycles. The normalized spacial score (nSPS) is 13.6. The SMILES string of the molecule is CCC(C)c1ccc(C(C)(C)C)c(OC(OC)C(C)(C)C)c1.CO.CO. The summed E-state index contributed by atoms with van der Waals surface area (Å²) in [4.78, 5) is 0. The van der Waals surface area contributed by atoms with Gasteiger partial charge in [-0.25, -0.2) is 0 Å². The highest BCUT2D eigenvalue weighted by Crippen LogP contribution is 2.36. The molecule has 0 fully saturated rings. The molecule has 4 nitrogen and oxygen atoms in total. The van der Waals surface area contributed by atoms with Gasteiger partial charge in [-0.2, -0.15) is 0 Å². The van der Waals surface area contributed by atoms with Crippen LogP contribution in [-0.4, -0.2) is 37.8 Å². The Balaban J connectivity index is 0. The number of aliphatic hydroxyl groups excluding tert-OH is 2. The van der Waals surface area contributed by atoms with E-state index in [2.05, 4.69) is 73.6 Å². The molecule has 0 amide bonds. The second-order valence-corrected chi connectivity index (χ2v) is 8.37. The lowest BCUT2D eigenvalue weighted by atomic mass is 9.84. The summed E-state index contributed by atoms with van der Waals surface area (Å²) >= 11 is 0. The smallest absolute Gasteiger partial charge is 0.204 e. The highest BCUT2D eigenvalue weighted by molar-refractivity contribution is 5.42. The number of hydrogen-bond acceptors (Lipinski definition) is 4. The quantitative estimate of drug-likeness (QED) is 0.707. The zero-order valence-electron chi connectivity index (χ0n) is 18.8. The number of rotatable bonds is 5. The summed E-state index contributed by atoms with van der Waals surface area (Å²) in [7, 11) is 3.71. The predicted molar refractivity (Wildman–Crippen MR) is 111 cm³/mol. The second-order valence-electron chi connectivity index (χ2n) is 8.37. The lowest BCUT2D eigenvalue weighted by molar-refractivity contribution is -0.121. The predicted octanol–water partition coefficient (Wildman–Crippen LogP) is 5.11. The van der Waals surface area contributed by atoms with E-state index in [9.17, 15) is 0 Å². The third-order valence-electron chi connectivity index (χ3n) is 4.15. The van der Waals surface area contributed by atoms with E-state index < -0.39 is 0 Å². The molecular weight excluding hydrogens is 328 g/mol. The van der Waals surface area contributed by atoms with Gasteiger partial charge in [-0.05, 0) is 34.9 Å². The zero-order valence-corrected chi connectivity index (χ0v) is 18.8.